The summed E-state index contributed by atoms with van der Waals surface area (Å²) in [6.45, 7) is -0.0924. The summed E-state index contributed by atoms with van der Waals surface area (Å²) in [4.78, 5) is 10.7. The van der Waals surface area contributed by atoms with Crippen molar-refractivity contribution < 1.29 is 19.7 Å². The van der Waals surface area contributed by atoms with Crippen LogP contribution >= 0.6 is 12.4 Å². The number of benzene rings is 2. The molecule has 0 aliphatic rings. The van der Waals surface area contributed by atoms with Crippen LogP contribution < -0.4 is 10.1 Å². The van der Waals surface area contributed by atoms with Crippen molar-refractivity contribution in [3.8, 4) is 11.5 Å². The van der Waals surface area contributed by atoms with E-state index in [0.29, 0.717) is 6.54 Å². The van der Waals surface area contributed by atoms with Gasteiger partial charge in [0.1, 0.15) is 17.5 Å². The molecule has 0 aromatic heterocycles. The normalized spacial score (nSPS) is 11.7. The van der Waals surface area contributed by atoms with Crippen molar-refractivity contribution in [1.29, 1.82) is 0 Å². The van der Waals surface area contributed by atoms with E-state index in [4.69, 9.17) is 14.9 Å². The molecule has 0 spiro atoms. The highest BCUT2D eigenvalue weighted by Crippen LogP contribution is 2.22. The molecular weight excluding hydrogens is 330 g/mol. The number of halogens is 1. The maximum Gasteiger partial charge on any atom is 0.323 e. The minimum atomic E-state index is -1.07. The maximum absolute atomic E-state index is 10.7. The maximum atomic E-state index is 10.7. The second-order valence-corrected chi connectivity index (χ2v) is 4.87. The Labute approximate surface area is 147 Å². The second-order valence-electron chi connectivity index (χ2n) is 4.87. The third-order valence-corrected chi connectivity index (χ3v) is 3.11. The summed E-state index contributed by atoms with van der Waals surface area (Å²) < 4.78 is 5.75. The Morgan fingerprint density at radius 2 is 1.83 bits per heavy atom. The van der Waals surface area contributed by atoms with Gasteiger partial charge in [-0.05, 0) is 29.8 Å². The summed E-state index contributed by atoms with van der Waals surface area (Å²) in [5, 5.41) is 20.4. The van der Waals surface area contributed by atoms with Crippen LogP contribution in [0.2, 0.25) is 0 Å². The molecule has 24 heavy (non-hydrogen) atoms. The average molecular weight is 350 g/mol. The molecule has 0 unspecified atom stereocenters. The Hall–Kier alpha value is -2.34. The van der Waals surface area contributed by atoms with Gasteiger partial charge in [0.15, 0.2) is 0 Å². The molecule has 0 saturated heterocycles. The van der Waals surface area contributed by atoms with Gasteiger partial charge >= 0.3 is 5.97 Å². The first-order chi connectivity index (χ1) is 11.2. The molecule has 0 aliphatic carbocycles. The highest BCUT2D eigenvalue weighted by Gasteiger charge is 2.13. The van der Waals surface area contributed by atoms with E-state index in [1.807, 2.05) is 60.7 Å². The van der Waals surface area contributed by atoms with Crippen LogP contribution in [0.1, 0.15) is 5.56 Å². The molecule has 5 nitrogen and oxygen atoms in total. The number of para-hydroxylation sites is 1. The number of aliphatic hydroxyl groups is 1. The lowest BCUT2D eigenvalue weighted by Gasteiger charge is -2.09. The highest BCUT2D eigenvalue weighted by atomic mass is 35.5. The van der Waals surface area contributed by atoms with Gasteiger partial charge in [-0.1, -0.05) is 42.5 Å². The first-order valence-corrected chi connectivity index (χ1v) is 7.25. The zero-order valence-corrected chi connectivity index (χ0v) is 13.8. The van der Waals surface area contributed by atoms with Gasteiger partial charge in [-0.3, -0.25) is 10.1 Å². The van der Waals surface area contributed by atoms with Crippen molar-refractivity contribution in [1.82, 2.24) is 5.32 Å². The Balaban J connectivity index is 0.00000288. The number of aliphatic carboxylic acids is 1. The topological polar surface area (TPSA) is 78.8 Å². The summed E-state index contributed by atoms with van der Waals surface area (Å²) in [6, 6.07) is 16.1. The van der Waals surface area contributed by atoms with E-state index in [9.17, 15) is 4.79 Å². The van der Waals surface area contributed by atoms with Gasteiger partial charge in [0.2, 0.25) is 0 Å². The summed E-state index contributed by atoms with van der Waals surface area (Å²) in [7, 11) is 0. The highest BCUT2D eigenvalue weighted by molar-refractivity contribution is 5.85. The van der Waals surface area contributed by atoms with E-state index in [2.05, 4.69) is 5.32 Å². The molecule has 2 rings (SSSR count). The Morgan fingerprint density at radius 3 is 2.50 bits per heavy atom. The molecule has 0 aliphatic heterocycles. The number of hydrogen-bond acceptors (Lipinski definition) is 4. The molecule has 0 fully saturated rings. The molecule has 128 valence electrons. The smallest absolute Gasteiger partial charge is 0.323 e. The number of carbonyl (C=O) groups is 1. The molecule has 1 atom stereocenters. The average Bonchev–Trinajstić information content (AvgIpc) is 2.56. The molecule has 2 aromatic carbocycles. The van der Waals surface area contributed by atoms with E-state index >= 15 is 0 Å². The van der Waals surface area contributed by atoms with Crippen molar-refractivity contribution in [2.45, 2.75) is 6.04 Å². The minimum Gasteiger partial charge on any atom is -0.480 e. The van der Waals surface area contributed by atoms with Gasteiger partial charge in [-0.25, -0.2) is 0 Å². The second kappa shape index (κ2) is 10.4. The van der Waals surface area contributed by atoms with Crippen LogP contribution in [0, 0.1) is 0 Å². The fourth-order valence-corrected chi connectivity index (χ4v) is 1.94. The lowest BCUT2D eigenvalue weighted by Crippen LogP contribution is -2.39. The molecule has 0 heterocycles. The number of aliphatic hydroxyl groups excluding tert-OH is 1. The van der Waals surface area contributed by atoms with Crippen LogP contribution in [0.5, 0.6) is 11.5 Å². The summed E-state index contributed by atoms with van der Waals surface area (Å²) in [5.74, 6) is 0.423. The Morgan fingerprint density at radius 1 is 1.12 bits per heavy atom. The lowest BCUT2D eigenvalue weighted by atomic mass is 10.2. The van der Waals surface area contributed by atoms with E-state index in [1.54, 1.807) is 6.08 Å². The quantitative estimate of drug-likeness (QED) is 0.683. The monoisotopic (exact) mass is 349 g/mol. The van der Waals surface area contributed by atoms with Crippen molar-refractivity contribution in [2.75, 3.05) is 13.2 Å². The number of hydrogen-bond donors (Lipinski definition) is 3. The molecule has 0 radical (unpaired) electrons. The summed E-state index contributed by atoms with van der Waals surface area (Å²) >= 11 is 0. The number of carboxylic acids is 1. The van der Waals surface area contributed by atoms with Crippen LogP contribution in [-0.2, 0) is 4.79 Å². The van der Waals surface area contributed by atoms with Gasteiger partial charge in [-0.2, -0.15) is 0 Å². The van der Waals surface area contributed by atoms with Crippen LogP contribution in [0.25, 0.3) is 6.08 Å². The molecule has 2 aromatic rings. The lowest BCUT2D eigenvalue weighted by molar-refractivity contribution is -0.140. The molecule has 0 amide bonds. The van der Waals surface area contributed by atoms with Crippen molar-refractivity contribution >= 4 is 24.5 Å². The van der Waals surface area contributed by atoms with Gasteiger partial charge < -0.3 is 14.9 Å². The zero-order valence-electron chi connectivity index (χ0n) is 13.0. The first-order valence-electron chi connectivity index (χ1n) is 7.25. The molecule has 6 heteroatoms. The van der Waals surface area contributed by atoms with Gasteiger partial charge in [0.05, 0.1) is 6.61 Å². The van der Waals surface area contributed by atoms with E-state index < -0.39 is 18.6 Å². The minimum absolute atomic E-state index is 0. The molecule has 0 saturated carbocycles. The number of rotatable bonds is 8. The SMILES string of the molecule is Cl.O=C(O)[C@H](CO)NC/C=C/c1cccc(Oc2ccccc2)c1. The summed E-state index contributed by atoms with van der Waals surface area (Å²) in [6.07, 6.45) is 3.66. The number of carboxylic acid groups (broad SMARTS) is 1. The van der Waals surface area contributed by atoms with Crippen LogP contribution in [-0.4, -0.2) is 35.4 Å². The Kier molecular flexibility index (Phi) is 8.57. The fraction of sp³-hybridized carbons (Fsp3) is 0.167. The van der Waals surface area contributed by atoms with E-state index in [-0.39, 0.29) is 12.4 Å². The third-order valence-electron chi connectivity index (χ3n) is 3.11. The fourth-order valence-electron chi connectivity index (χ4n) is 1.94. The predicted molar refractivity (Wildman–Crippen MR) is 95.8 cm³/mol. The zero-order chi connectivity index (χ0) is 16.5. The van der Waals surface area contributed by atoms with Crippen molar-refractivity contribution in [2.24, 2.45) is 0 Å². The molecule has 0 bridgehead atoms. The number of ether oxygens (including phenoxy) is 1. The molecular formula is C18H20ClNO4. The Bertz CT molecular complexity index is 661. The predicted octanol–water partition coefficient (Wildman–Crippen LogP) is 2.95. The molecule has 3 N–H and O–H groups in total. The van der Waals surface area contributed by atoms with E-state index in [1.165, 1.54) is 0 Å². The van der Waals surface area contributed by atoms with Gasteiger partial charge in [0, 0.05) is 6.54 Å². The van der Waals surface area contributed by atoms with Crippen LogP contribution in [0.4, 0.5) is 0 Å². The third kappa shape index (κ3) is 6.42. The first kappa shape index (κ1) is 19.7. The summed E-state index contributed by atoms with van der Waals surface area (Å²) in [5.41, 5.74) is 0.941. The van der Waals surface area contributed by atoms with Crippen molar-refractivity contribution in [3.63, 3.8) is 0 Å². The largest absolute Gasteiger partial charge is 0.480 e. The number of nitrogens with one attached hydrogen (secondary N) is 1. The van der Waals surface area contributed by atoms with E-state index in [0.717, 1.165) is 17.1 Å². The van der Waals surface area contributed by atoms with Crippen molar-refractivity contribution in [3.05, 3.63) is 66.2 Å². The van der Waals surface area contributed by atoms with Crippen LogP contribution in [0.3, 0.4) is 0 Å². The standard InChI is InChI=1S/C18H19NO4.ClH/c20-13-17(18(21)22)19-11-5-7-14-6-4-10-16(12-14)23-15-8-2-1-3-9-15;/h1-10,12,17,19-20H,11,13H2,(H,21,22);1H/b7-5+;/t17-;/m0./s1. The van der Waals surface area contributed by atoms with Crippen LogP contribution in [0.15, 0.2) is 60.7 Å². The van der Waals surface area contributed by atoms with Gasteiger partial charge in [0.25, 0.3) is 0 Å². The van der Waals surface area contributed by atoms with Gasteiger partial charge in [-0.15, -0.1) is 12.4 Å².